The average molecular weight is 307 g/mol. The number of nitrogens with one attached hydrogen (secondary N) is 1. The van der Waals surface area contributed by atoms with Gasteiger partial charge in [0.15, 0.2) is 9.84 Å². The summed E-state index contributed by atoms with van der Waals surface area (Å²) in [6, 6.07) is 10.6. The van der Waals surface area contributed by atoms with Crippen LogP contribution in [0, 0.1) is 6.92 Å². The Balaban J connectivity index is 2.09. The zero-order chi connectivity index (χ0) is 15.3. The van der Waals surface area contributed by atoms with Gasteiger partial charge in [-0.25, -0.2) is 8.42 Å². The predicted molar refractivity (Wildman–Crippen MR) is 82.8 cm³/mol. The zero-order valence-electron chi connectivity index (χ0n) is 12.4. The van der Waals surface area contributed by atoms with E-state index in [0.717, 1.165) is 24.3 Å². The van der Waals surface area contributed by atoms with Crippen LogP contribution in [0.3, 0.4) is 0 Å². The van der Waals surface area contributed by atoms with Crippen LogP contribution in [0.4, 0.5) is 0 Å². The number of furan rings is 1. The maximum Gasteiger partial charge on any atom is 0.185 e. The Morgan fingerprint density at radius 3 is 2.52 bits per heavy atom. The molecule has 2 aromatic rings. The Labute approximate surface area is 126 Å². The molecule has 0 saturated carbocycles. The van der Waals surface area contributed by atoms with E-state index in [9.17, 15) is 8.42 Å². The van der Waals surface area contributed by atoms with Crippen LogP contribution in [-0.4, -0.2) is 15.0 Å². The minimum atomic E-state index is -3.37. The standard InChI is InChI=1S/C16H21NO3S/c1-3-10-17-11-14-8-9-15(20-14)12-21(18,19)16-7-5-4-6-13(16)2/h4-9,17H,3,10-12H2,1-2H3. The molecule has 4 nitrogen and oxygen atoms in total. The molecule has 5 heteroatoms. The Hall–Kier alpha value is -1.59. The summed E-state index contributed by atoms with van der Waals surface area (Å²) in [5, 5.41) is 3.23. The highest BCUT2D eigenvalue weighted by Gasteiger charge is 2.19. The molecule has 0 saturated heterocycles. The van der Waals surface area contributed by atoms with E-state index in [2.05, 4.69) is 12.2 Å². The fraction of sp³-hybridized carbons (Fsp3) is 0.375. The lowest BCUT2D eigenvalue weighted by Gasteiger charge is -2.06. The topological polar surface area (TPSA) is 59.3 Å². The predicted octanol–water partition coefficient (Wildman–Crippen LogP) is 3.06. The van der Waals surface area contributed by atoms with E-state index < -0.39 is 9.84 Å². The van der Waals surface area contributed by atoms with Gasteiger partial charge >= 0.3 is 0 Å². The van der Waals surface area contributed by atoms with Gasteiger partial charge in [0.25, 0.3) is 0 Å². The van der Waals surface area contributed by atoms with Crippen molar-refractivity contribution in [1.82, 2.24) is 5.32 Å². The first-order valence-corrected chi connectivity index (χ1v) is 8.75. The molecule has 0 fully saturated rings. The molecule has 0 aliphatic heterocycles. The first kappa shape index (κ1) is 15.8. The molecule has 0 unspecified atom stereocenters. The highest BCUT2D eigenvalue weighted by Crippen LogP contribution is 2.21. The van der Waals surface area contributed by atoms with Crippen LogP contribution in [-0.2, 0) is 22.1 Å². The molecule has 1 heterocycles. The molecule has 0 aliphatic rings. The molecule has 21 heavy (non-hydrogen) atoms. The van der Waals surface area contributed by atoms with E-state index in [1.165, 1.54) is 0 Å². The van der Waals surface area contributed by atoms with Crippen molar-refractivity contribution in [2.75, 3.05) is 6.54 Å². The number of hydrogen-bond donors (Lipinski definition) is 1. The van der Waals surface area contributed by atoms with Crippen LogP contribution in [0.1, 0.15) is 30.4 Å². The molecule has 0 amide bonds. The smallest absolute Gasteiger partial charge is 0.185 e. The van der Waals surface area contributed by atoms with Crippen molar-refractivity contribution < 1.29 is 12.8 Å². The average Bonchev–Trinajstić information content (AvgIpc) is 2.86. The van der Waals surface area contributed by atoms with Crippen LogP contribution in [0.5, 0.6) is 0 Å². The van der Waals surface area contributed by atoms with Crippen molar-refractivity contribution >= 4 is 9.84 Å². The molecular formula is C16H21NO3S. The molecule has 1 aromatic heterocycles. The number of aryl methyl sites for hydroxylation is 1. The summed E-state index contributed by atoms with van der Waals surface area (Å²) in [6.45, 7) is 5.43. The summed E-state index contributed by atoms with van der Waals surface area (Å²) < 4.78 is 30.4. The molecule has 0 radical (unpaired) electrons. The van der Waals surface area contributed by atoms with Crippen molar-refractivity contribution in [2.24, 2.45) is 0 Å². The van der Waals surface area contributed by atoms with Crippen molar-refractivity contribution in [3.63, 3.8) is 0 Å². The van der Waals surface area contributed by atoms with Crippen LogP contribution in [0.25, 0.3) is 0 Å². The second-order valence-corrected chi connectivity index (χ2v) is 7.03. The van der Waals surface area contributed by atoms with Gasteiger partial charge < -0.3 is 9.73 Å². The normalized spacial score (nSPS) is 11.7. The van der Waals surface area contributed by atoms with Crippen molar-refractivity contribution in [2.45, 2.75) is 37.5 Å². The summed E-state index contributed by atoms with van der Waals surface area (Å²) in [4.78, 5) is 0.368. The maximum atomic E-state index is 12.4. The fourth-order valence-electron chi connectivity index (χ4n) is 2.15. The van der Waals surface area contributed by atoms with E-state index in [-0.39, 0.29) is 5.75 Å². The highest BCUT2D eigenvalue weighted by atomic mass is 32.2. The SMILES string of the molecule is CCCNCc1ccc(CS(=O)(=O)c2ccccc2C)o1. The van der Waals surface area contributed by atoms with Crippen molar-refractivity contribution in [3.05, 3.63) is 53.5 Å². The second kappa shape index (κ2) is 6.91. The summed E-state index contributed by atoms with van der Waals surface area (Å²) in [7, 11) is -3.37. The molecular weight excluding hydrogens is 286 g/mol. The zero-order valence-corrected chi connectivity index (χ0v) is 13.2. The van der Waals surface area contributed by atoms with Gasteiger partial charge in [-0.1, -0.05) is 25.1 Å². The largest absolute Gasteiger partial charge is 0.464 e. The van der Waals surface area contributed by atoms with Gasteiger partial charge in [-0.3, -0.25) is 0 Å². The number of benzene rings is 1. The lowest BCUT2D eigenvalue weighted by Crippen LogP contribution is -2.13. The summed E-state index contributed by atoms with van der Waals surface area (Å²) in [5.41, 5.74) is 0.758. The van der Waals surface area contributed by atoms with Gasteiger partial charge in [0, 0.05) is 0 Å². The molecule has 0 bridgehead atoms. The molecule has 0 atom stereocenters. The molecule has 1 aromatic carbocycles. The minimum Gasteiger partial charge on any atom is -0.464 e. The van der Waals surface area contributed by atoms with Crippen molar-refractivity contribution in [1.29, 1.82) is 0 Å². The van der Waals surface area contributed by atoms with Crippen molar-refractivity contribution in [3.8, 4) is 0 Å². The summed E-state index contributed by atoms with van der Waals surface area (Å²) in [6.07, 6.45) is 1.05. The first-order chi connectivity index (χ1) is 10.0. The van der Waals surface area contributed by atoms with Gasteiger partial charge in [-0.15, -0.1) is 0 Å². The van der Waals surface area contributed by atoms with Crippen LogP contribution < -0.4 is 5.32 Å². The maximum absolute atomic E-state index is 12.4. The Morgan fingerprint density at radius 1 is 1.10 bits per heavy atom. The van der Waals surface area contributed by atoms with Crippen LogP contribution in [0.15, 0.2) is 45.7 Å². The van der Waals surface area contributed by atoms with Gasteiger partial charge in [0.2, 0.25) is 0 Å². The van der Waals surface area contributed by atoms with Gasteiger partial charge in [0.05, 0.1) is 11.4 Å². The molecule has 2 rings (SSSR count). The molecule has 1 N–H and O–H groups in total. The van der Waals surface area contributed by atoms with Gasteiger partial charge in [-0.05, 0) is 43.7 Å². The highest BCUT2D eigenvalue weighted by molar-refractivity contribution is 7.90. The van der Waals surface area contributed by atoms with E-state index in [0.29, 0.717) is 17.2 Å². The Kier molecular flexibility index (Phi) is 5.20. The first-order valence-electron chi connectivity index (χ1n) is 7.09. The molecule has 114 valence electrons. The summed E-state index contributed by atoms with van der Waals surface area (Å²) >= 11 is 0. The third-order valence-corrected chi connectivity index (χ3v) is 5.00. The van der Waals surface area contributed by atoms with Gasteiger partial charge in [-0.2, -0.15) is 0 Å². The van der Waals surface area contributed by atoms with E-state index >= 15 is 0 Å². The number of sulfone groups is 1. The third kappa shape index (κ3) is 4.19. The lowest BCUT2D eigenvalue weighted by atomic mass is 10.2. The van der Waals surface area contributed by atoms with Gasteiger partial charge in [0.1, 0.15) is 17.3 Å². The quantitative estimate of drug-likeness (QED) is 0.799. The second-order valence-electron chi connectivity index (χ2n) is 5.07. The van der Waals surface area contributed by atoms with E-state index in [4.69, 9.17) is 4.42 Å². The molecule has 0 spiro atoms. The summed E-state index contributed by atoms with van der Waals surface area (Å²) in [5.74, 6) is 1.14. The molecule has 0 aliphatic carbocycles. The van der Waals surface area contributed by atoms with Crippen LogP contribution >= 0.6 is 0 Å². The van der Waals surface area contributed by atoms with E-state index in [1.54, 1.807) is 31.2 Å². The van der Waals surface area contributed by atoms with E-state index in [1.807, 2.05) is 12.1 Å². The monoisotopic (exact) mass is 307 g/mol. The fourth-order valence-corrected chi connectivity index (χ4v) is 3.68. The number of rotatable bonds is 7. The lowest BCUT2D eigenvalue weighted by molar-refractivity contribution is 0.456. The minimum absolute atomic E-state index is 0.106. The Bertz CT molecular complexity index is 689. The Morgan fingerprint density at radius 2 is 1.81 bits per heavy atom. The van der Waals surface area contributed by atoms with Crippen LogP contribution in [0.2, 0.25) is 0 Å². The number of hydrogen-bond acceptors (Lipinski definition) is 4. The third-order valence-electron chi connectivity index (χ3n) is 3.20.